The molecule has 5 heteroatoms. The van der Waals surface area contributed by atoms with Crippen molar-refractivity contribution >= 4 is 21.9 Å². The number of hydrogen-bond acceptors (Lipinski definition) is 4. The Labute approximate surface area is 132 Å². The summed E-state index contributed by atoms with van der Waals surface area (Å²) >= 11 is 3.42. The molecule has 0 aliphatic carbocycles. The summed E-state index contributed by atoms with van der Waals surface area (Å²) in [6.45, 7) is 3.21. The van der Waals surface area contributed by atoms with E-state index in [-0.39, 0.29) is 5.97 Å². The number of rotatable bonds is 5. The molecule has 0 bridgehead atoms. The Balaban J connectivity index is 2.01. The van der Waals surface area contributed by atoms with E-state index in [9.17, 15) is 4.79 Å². The highest BCUT2D eigenvalue weighted by atomic mass is 79.9. The third-order valence-electron chi connectivity index (χ3n) is 3.17. The van der Waals surface area contributed by atoms with E-state index in [2.05, 4.69) is 33.0 Å². The Morgan fingerprint density at radius 2 is 1.95 bits per heavy atom. The van der Waals surface area contributed by atoms with Crippen molar-refractivity contribution in [3.8, 4) is 0 Å². The zero-order chi connectivity index (χ0) is 15.4. The van der Waals surface area contributed by atoms with E-state index in [1.54, 1.807) is 13.0 Å². The second-order valence-electron chi connectivity index (χ2n) is 4.97. The summed E-state index contributed by atoms with van der Waals surface area (Å²) in [6, 6.07) is 9.95. The van der Waals surface area contributed by atoms with Gasteiger partial charge in [-0.05, 0) is 37.7 Å². The Morgan fingerprint density at radius 3 is 2.57 bits per heavy atom. The number of ether oxygens (including phenoxy) is 1. The molecular formula is C16H18BrNO3. The highest BCUT2D eigenvalue weighted by molar-refractivity contribution is 9.10. The van der Waals surface area contributed by atoms with Crippen LogP contribution in [0.3, 0.4) is 0 Å². The standard InChI is InChI=1S/C16H18BrNO3/c1-11-15(16(19)20-3)8-14(21-11)10-18(2)9-12-4-6-13(17)7-5-12/h4-8H,9-10H2,1-3H3. The zero-order valence-electron chi connectivity index (χ0n) is 12.4. The van der Waals surface area contributed by atoms with Crippen molar-refractivity contribution in [1.82, 2.24) is 4.90 Å². The average Bonchev–Trinajstić information content (AvgIpc) is 2.81. The van der Waals surface area contributed by atoms with Gasteiger partial charge >= 0.3 is 5.97 Å². The zero-order valence-corrected chi connectivity index (χ0v) is 13.9. The van der Waals surface area contributed by atoms with Crippen molar-refractivity contribution in [2.24, 2.45) is 0 Å². The van der Waals surface area contributed by atoms with Gasteiger partial charge in [0.15, 0.2) is 0 Å². The SMILES string of the molecule is COC(=O)c1cc(CN(C)Cc2ccc(Br)cc2)oc1C. The second-order valence-corrected chi connectivity index (χ2v) is 5.89. The number of methoxy groups -OCH3 is 1. The van der Waals surface area contributed by atoms with Crippen LogP contribution in [0, 0.1) is 6.92 Å². The second kappa shape index (κ2) is 6.91. The molecule has 0 unspecified atom stereocenters. The lowest BCUT2D eigenvalue weighted by molar-refractivity contribution is 0.0599. The molecule has 1 heterocycles. The lowest BCUT2D eigenvalue weighted by Crippen LogP contribution is -2.16. The highest BCUT2D eigenvalue weighted by Gasteiger charge is 2.16. The van der Waals surface area contributed by atoms with Gasteiger partial charge < -0.3 is 9.15 Å². The highest BCUT2D eigenvalue weighted by Crippen LogP contribution is 2.18. The number of furan rings is 1. The number of nitrogens with zero attached hydrogens (tertiary/aromatic N) is 1. The smallest absolute Gasteiger partial charge is 0.341 e. The minimum Gasteiger partial charge on any atom is -0.465 e. The molecule has 0 saturated heterocycles. The quantitative estimate of drug-likeness (QED) is 0.769. The van der Waals surface area contributed by atoms with Crippen molar-refractivity contribution < 1.29 is 13.9 Å². The molecule has 0 aliphatic heterocycles. The number of aryl methyl sites for hydroxylation is 1. The Kier molecular flexibility index (Phi) is 5.20. The van der Waals surface area contributed by atoms with Crippen molar-refractivity contribution in [1.29, 1.82) is 0 Å². The molecule has 0 atom stereocenters. The summed E-state index contributed by atoms with van der Waals surface area (Å²) in [4.78, 5) is 13.7. The van der Waals surface area contributed by atoms with Crippen LogP contribution in [-0.4, -0.2) is 25.0 Å². The molecule has 4 nitrogen and oxygen atoms in total. The van der Waals surface area contributed by atoms with Gasteiger partial charge in [-0.3, -0.25) is 4.90 Å². The molecule has 0 N–H and O–H groups in total. The first-order chi connectivity index (χ1) is 9.99. The molecule has 1 aromatic heterocycles. The lowest BCUT2D eigenvalue weighted by atomic mass is 10.2. The van der Waals surface area contributed by atoms with Gasteiger partial charge in [-0.15, -0.1) is 0 Å². The molecule has 2 rings (SSSR count). The molecule has 2 aromatic rings. The van der Waals surface area contributed by atoms with Crippen molar-refractivity contribution in [2.75, 3.05) is 14.2 Å². The fourth-order valence-electron chi connectivity index (χ4n) is 2.16. The maximum atomic E-state index is 11.6. The first kappa shape index (κ1) is 15.8. The van der Waals surface area contributed by atoms with Crippen LogP contribution in [0.5, 0.6) is 0 Å². The summed E-state index contributed by atoms with van der Waals surface area (Å²) in [7, 11) is 3.38. The van der Waals surface area contributed by atoms with E-state index in [1.165, 1.54) is 12.7 Å². The largest absolute Gasteiger partial charge is 0.465 e. The van der Waals surface area contributed by atoms with Gasteiger partial charge in [-0.1, -0.05) is 28.1 Å². The fourth-order valence-corrected chi connectivity index (χ4v) is 2.42. The molecule has 0 saturated carbocycles. The summed E-state index contributed by atoms with van der Waals surface area (Å²) in [5.74, 6) is 0.986. The third-order valence-corrected chi connectivity index (χ3v) is 3.69. The van der Waals surface area contributed by atoms with Gasteiger partial charge in [0.25, 0.3) is 0 Å². The summed E-state index contributed by atoms with van der Waals surface area (Å²) in [6.07, 6.45) is 0. The van der Waals surface area contributed by atoms with Gasteiger partial charge in [0, 0.05) is 11.0 Å². The molecular weight excluding hydrogens is 334 g/mol. The van der Waals surface area contributed by atoms with E-state index >= 15 is 0 Å². The Hall–Kier alpha value is -1.59. The van der Waals surface area contributed by atoms with Gasteiger partial charge in [0.1, 0.15) is 17.1 Å². The third kappa shape index (κ3) is 4.19. The fraction of sp³-hybridized carbons (Fsp3) is 0.312. The summed E-state index contributed by atoms with van der Waals surface area (Å²) in [5.41, 5.74) is 1.71. The number of halogens is 1. The van der Waals surface area contributed by atoms with Gasteiger partial charge in [0.2, 0.25) is 0 Å². The van der Waals surface area contributed by atoms with Crippen LogP contribution in [0.25, 0.3) is 0 Å². The monoisotopic (exact) mass is 351 g/mol. The normalized spacial score (nSPS) is 10.9. The molecule has 0 fully saturated rings. The minimum atomic E-state index is -0.363. The number of esters is 1. The maximum absolute atomic E-state index is 11.6. The number of carbonyl (C=O) groups excluding carboxylic acids is 1. The maximum Gasteiger partial charge on any atom is 0.341 e. The van der Waals surface area contributed by atoms with E-state index in [0.717, 1.165) is 16.8 Å². The Morgan fingerprint density at radius 1 is 1.29 bits per heavy atom. The summed E-state index contributed by atoms with van der Waals surface area (Å²) in [5, 5.41) is 0. The molecule has 21 heavy (non-hydrogen) atoms. The van der Waals surface area contributed by atoms with Crippen LogP contribution in [0.2, 0.25) is 0 Å². The first-order valence-electron chi connectivity index (χ1n) is 6.60. The number of benzene rings is 1. The molecule has 0 radical (unpaired) electrons. The van der Waals surface area contributed by atoms with Crippen LogP contribution in [0.15, 0.2) is 39.2 Å². The van der Waals surface area contributed by atoms with Crippen LogP contribution in [0.4, 0.5) is 0 Å². The topological polar surface area (TPSA) is 42.7 Å². The average molecular weight is 352 g/mol. The van der Waals surface area contributed by atoms with Crippen molar-refractivity contribution in [3.63, 3.8) is 0 Å². The molecule has 112 valence electrons. The van der Waals surface area contributed by atoms with Crippen LogP contribution >= 0.6 is 15.9 Å². The van der Waals surface area contributed by atoms with Crippen LogP contribution < -0.4 is 0 Å². The van der Waals surface area contributed by atoms with Crippen LogP contribution in [0.1, 0.15) is 27.4 Å². The lowest BCUT2D eigenvalue weighted by Gasteiger charge is -2.15. The Bertz CT molecular complexity index is 619. The van der Waals surface area contributed by atoms with E-state index in [1.807, 2.05) is 19.2 Å². The van der Waals surface area contributed by atoms with Crippen molar-refractivity contribution in [3.05, 3.63) is 57.5 Å². The predicted molar refractivity (Wildman–Crippen MR) is 84.1 cm³/mol. The van der Waals surface area contributed by atoms with Gasteiger partial charge in [-0.25, -0.2) is 4.79 Å². The van der Waals surface area contributed by atoms with Gasteiger partial charge in [-0.2, -0.15) is 0 Å². The van der Waals surface area contributed by atoms with Crippen LogP contribution in [-0.2, 0) is 17.8 Å². The van der Waals surface area contributed by atoms with E-state index < -0.39 is 0 Å². The minimum absolute atomic E-state index is 0.363. The number of carbonyl (C=O) groups is 1. The van der Waals surface area contributed by atoms with Gasteiger partial charge in [0.05, 0.1) is 13.7 Å². The van der Waals surface area contributed by atoms with E-state index in [4.69, 9.17) is 9.15 Å². The van der Waals surface area contributed by atoms with Crippen molar-refractivity contribution in [2.45, 2.75) is 20.0 Å². The summed E-state index contributed by atoms with van der Waals surface area (Å²) < 4.78 is 11.4. The number of hydrogen-bond donors (Lipinski definition) is 0. The molecule has 0 spiro atoms. The molecule has 1 aromatic carbocycles. The van der Waals surface area contributed by atoms with E-state index in [0.29, 0.717) is 17.9 Å². The molecule has 0 amide bonds. The predicted octanol–water partition coefficient (Wildman–Crippen LogP) is 3.77. The first-order valence-corrected chi connectivity index (χ1v) is 7.39. The molecule has 0 aliphatic rings.